The van der Waals surface area contributed by atoms with Gasteiger partial charge in [-0.15, -0.1) is 0 Å². The summed E-state index contributed by atoms with van der Waals surface area (Å²) in [5.41, 5.74) is -0.315. The Bertz CT molecular complexity index is 530. The van der Waals surface area contributed by atoms with E-state index in [0.29, 0.717) is 6.61 Å². The van der Waals surface area contributed by atoms with Gasteiger partial charge < -0.3 is 19.0 Å². The molecule has 2 saturated heterocycles. The van der Waals surface area contributed by atoms with E-state index in [-0.39, 0.29) is 35.3 Å². The highest BCUT2D eigenvalue weighted by molar-refractivity contribution is 7.99. The van der Waals surface area contributed by atoms with Gasteiger partial charge in [-0.3, -0.25) is 4.79 Å². The van der Waals surface area contributed by atoms with Crippen LogP contribution >= 0.6 is 11.8 Å². The molecule has 1 spiro atoms. The Morgan fingerprint density at radius 2 is 2.24 bits per heavy atom. The second kappa shape index (κ2) is 6.42. The predicted octanol–water partition coefficient (Wildman–Crippen LogP) is 1.96. The number of aliphatic hydroxyl groups is 1. The fraction of sp³-hybridized carbons (Fsp3) is 0.667. The highest BCUT2D eigenvalue weighted by atomic mass is 32.2. The third-order valence-electron chi connectivity index (χ3n) is 4.15. The van der Waals surface area contributed by atoms with Crippen molar-refractivity contribution in [1.82, 2.24) is 0 Å². The van der Waals surface area contributed by atoms with Crippen molar-refractivity contribution >= 4 is 11.8 Å². The zero-order chi connectivity index (χ0) is 14.7. The van der Waals surface area contributed by atoms with E-state index < -0.39 is 0 Å². The van der Waals surface area contributed by atoms with Crippen LogP contribution in [0.15, 0.2) is 21.5 Å². The maximum absolute atomic E-state index is 11.9. The first-order chi connectivity index (χ1) is 10.2. The third kappa shape index (κ3) is 3.44. The van der Waals surface area contributed by atoms with E-state index in [1.54, 1.807) is 0 Å². The molecule has 2 fully saturated rings. The molecule has 0 saturated carbocycles. The van der Waals surface area contributed by atoms with Crippen molar-refractivity contribution in [3.8, 4) is 5.75 Å². The van der Waals surface area contributed by atoms with Gasteiger partial charge in [0.15, 0.2) is 0 Å². The van der Waals surface area contributed by atoms with Gasteiger partial charge in [0, 0.05) is 18.9 Å². The molecule has 1 N–H and O–H groups in total. The maximum Gasteiger partial charge on any atom is 0.227 e. The fourth-order valence-electron chi connectivity index (χ4n) is 2.96. The SMILES string of the molecule is O=c1cc(CO)occ1OC1CCOC2(CCSCC2)C1. The topological polar surface area (TPSA) is 68.9 Å². The molecule has 1 aromatic rings. The van der Waals surface area contributed by atoms with Gasteiger partial charge in [0.1, 0.15) is 24.7 Å². The van der Waals surface area contributed by atoms with Gasteiger partial charge in [0.2, 0.25) is 11.2 Å². The van der Waals surface area contributed by atoms with Gasteiger partial charge in [-0.2, -0.15) is 11.8 Å². The summed E-state index contributed by atoms with van der Waals surface area (Å²) in [5, 5.41) is 8.95. The molecule has 0 aliphatic carbocycles. The molecule has 21 heavy (non-hydrogen) atoms. The van der Waals surface area contributed by atoms with Crippen molar-refractivity contribution < 1.29 is 19.0 Å². The van der Waals surface area contributed by atoms with Gasteiger partial charge in [-0.1, -0.05) is 0 Å². The smallest absolute Gasteiger partial charge is 0.227 e. The lowest BCUT2D eigenvalue weighted by molar-refractivity contribution is -0.116. The number of rotatable bonds is 3. The summed E-state index contributed by atoms with van der Waals surface area (Å²) < 4.78 is 17.0. The average molecular weight is 312 g/mol. The summed E-state index contributed by atoms with van der Waals surface area (Å²) in [4.78, 5) is 11.9. The van der Waals surface area contributed by atoms with Crippen LogP contribution in [0, 0.1) is 0 Å². The summed E-state index contributed by atoms with van der Waals surface area (Å²) in [6, 6.07) is 1.28. The number of aliphatic hydroxyl groups excluding tert-OH is 1. The fourth-order valence-corrected chi connectivity index (χ4v) is 4.20. The Hall–Kier alpha value is -0.980. The van der Waals surface area contributed by atoms with Crippen LogP contribution in [0.1, 0.15) is 31.4 Å². The Balaban J connectivity index is 1.68. The molecule has 0 aromatic carbocycles. The highest BCUT2D eigenvalue weighted by Gasteiger charge is 2.39. The third-order valence-corrected chi connectivity index (χ3v) is 5.14. The number of ether oxygens (including phenoxy) is 2. The van der Waals surface area contributed by atoms with Crippen LogP contribution in [0.3, 0.4) is 0 Å². The van der Waals surface area contributed by atoms with Crippen LogP contribution in [-0.4, -0.2) is 34.9 Å². The van der Waals surface area contributed by atoms with Crippen molar-refractivity contribution in [2.75, 3.05) is 18.1 Å². The van der Waals surface area contributed by atoms with Gasteiger partial charge in [0.05, 0.1) is 12.2 Å². The molecule has 1 atom stereocenters. The van der Waals surface area contributed by atoms with Gasteiger partial charge in [-0.25, -0.2) is 0 Å². The van der Waals surface area contributed by atoms with Crippen molar-refractivity contribution in [3.05, 3.63) is 28.3 Å². The van der Waals surface area contributed by atoms with Crippen molar-refractivity contribution in [3.63, 3.8) is 0 Å². The van der Waals surface area contributed by atoms with Crippen molar-refractivity contribution in [2.45, 2.75) is 44.0 Å². The molecule has 5 nitrogen and oxygen atoms in total. The monoisotopic (exact) mass is 312 g/mol. The highest BCUT2D eigenvalue weighted by Crippen LogP contribution is 2.38. The quantitative estimate of drug-likeness (QED) is 0.920. The molecule has 0 radical (unpaired) electrons. The summed E-state index contributed by atoms with van der Waals surface area (Å²) in [5.74, 6) is 2.72. The van der Waals surface area contributed by atoms with Crippen molar-refractivity contribution in [1.29, 1.82) is 0 Å². The van der Waals surface area contributed by atoms with E-state index in [4.69, 9.17) is 19.0 Å². The Morgan fingerprint density at radius 3 is 2.95 bits per heavy atom. The molecule has 0 amide bonds. The largest absolute Gasteiger partial charge is 0.483 e. The van der Waals surface area contributed by atoms with E-state index in [1.807, 2.05) is 11.8 Å². The second-order valence-electron chi connectivity index (χ2n) is 5.61. The maximum atomic E-state index is 11.9. The Morgan fingerprint density at radius 1 is 1.43 bits per heavy atom. The van der Waals surface area contributed by atoms with Crippen LogP contribution in [0.5, 0.6) is 5.75 Å². The minimum atomic E-state index is -0.284. The standard InChI is InChI=1S/C15H20O5S/c16-9-12-7-13(17)14(10-18-12)20-11-1-4-19-15(8-11)2-5-21-6-3-15/h7,10-11,16H,1-6,8-9H2. The molecule has 3 rings (SSSR count). The summed E-state index contributed by atoms with van der Waals surface area (Å²) in [7, 11) is 0. The molecule has 2 aliphatic heterocycles. The predicted molar refractivity (Wildman–Crippen MR) is 79.8 cm³/mol. The van der Waals surface area contributed by atoms with Gasteiger partial charge in [0.25, 0.3) is 0 Å². The minimum Gasteiger partial charge on any atom is -0.483 e. The van der Waals surface area contributed by atoms with Crippen LogP contribution in [0.4, 0.5) is 0 Å². The molecule has 1 unspecified atom stereocenters. The molecular weight excluding hydrogens is 292 g/mol. The normalized spacial score (nSPS) is 24.9. The summed E-state index contributed by atoms with van der Waals surface area (Å²) in [6.07, 6.45) is 5.01. The van der Waals surface area contributed by atoms with Crippen LogP contribution < -0.4 is 10.2 Å². The molecule has 3 heterocycles. The molecule has 0 bridgehead atoms. The van der Waals surface area contributed by atoms with E-state index in [0.717, 1.165) is 37.2 Å². The lowest BCUT2D eigenvalue weighted by atomic mass is 9.86. The first-order valence-electron chi connectivity index (χ1n) is 7.32. The van der Waals surface area contributed by atoms with E-state index >= 15 is 0 Å². The van der Waals surface area contributed by atoms with E-state index in [9.17, 15) is 4.79 Å². The number of hydrogen-bond acceptors (Lipinski definition) is 6. The van der Waals surface area contributed by atoms with Crippen LogP contribution in [0.25, 0.3) is 0 Å². The minimum absolute atomic E-state index is 0.00951. The first kappa shape index (κ1) is 14.9. The van der Waals surface area contributed by atoms with Gasteiger partial charge in [-0.05, 0) is 24.3 Å². The lowest BCUT2D eigenvalue weighted by Gasteiger charge is -2.42. The Labute approximate surface area is 127 Å². The Kier molecular flexibility index (Phi) is 4.57. The molecule has 1 aromatic heterocycles. The lowest BCUT2D eigenvalue weighted by Crippen LogP contribution is -2.46. The van der Waals surface area contributed by atoms with Crippen LogP contribution in [0.2, 0.25) is 0 Å². The first-order valence-corrected chi connectivity index (χ1v) is 8.47. The molecule has 2 aliphatic rings. The second-order valence-corrected chi connectivity index (χ2v) is 6.83. The molecular formula is C15H20O5S. The van der Waals surface area contributed by atoms with Gasteiger partial charge >= 0.3 is 0 Å². The van der Waals surface area contributed by atoms with Crippen molar-refractivity contribution in [2.24, 2.45) is 0 Å². The zero-order valence-corrected chi connectivity index (χ0v) is 12.7. The molecule has 6 heteroatoms. The number of hydrogen-bond donors (Lipinski definition) is 1. The van der Waals surface area contributed by atoms with E-state index in [1.165, 1.54) is 12.3 Å². The summed E-state index contributed by atoms with van der Waals surface area (Å²) in [6.45, 7) is 0.392. The van der Waals surface area contributed by atoms with Crippen LogP contribution in [-0.2, 0) is 11.3 Å². The zero-order valence-electron chi connectivity index (χ0n) is 11.9. The summed E-state index contributed by atoms with van der Waals surface area (Å²) >= 11 is 1.96. The number of thioether (sulfide) groups is 1. The molecule has 116 valence electrons. The van der Waals surface area contributed by atoms with E-state index in [2.05, 4.69) is 0 Å². The average Bonchev–Trinajstić information content (AvgIpc) is 2.50.